The highest BCUT2D eigenvalue weighted by Gasteiger charge is 2.51. The molecule has 2 N–H and O–H groups in total. The SMILES string of the molecule is CC(C)(CCCO)CNC(=O)C1(c2ccc(Br)cc2)CC1. The molecule has 0 aliphatic heterocycles. The Balaban J connectivity index is 1.95. The van der Waals surface area contributed by atoms with Gasteiger partial charge in [0.1, 0.15) is 0 Å². The molecule has 0 spiro atoms. The number of hydrogen-bond donors (Lipinski definition) is 2. The van der Waals surface area contributed by atoms with Gasteiger partial charge in [-0.2, -0.15) is 0 Å². The predicted octanol–water partition coefficient (Wildman–Crippen LogP) is 3.40. The highest BCUT2D eigenvalue weighted by molar-refractivity contribution is 9.10. The number of nitrogens with one attached hydrogen (secondary N) is 1. The molecule has 0 saturated heterocycles. The summed E-state index contributed by atoms with van der Waals surface area (Å²) in [5.41, 5.74) is 0.818. The van der Waals surface area contributed by atoms with Crippen LogP contribution >= 0.6 is 15.9 Å². The number of benzene rings is 1. The van der Waals surface area contributed by atoms with Gasteiger partial charge in [0.25, 0.3) is 0 Å². The first-order chi connectivity index (χ1) is 9.89. The van der Waals surface area contributed by atoms with Gasteiger partial charge in [-0.15, -0.1) is 0 Å². The van der Waals surface area contributed by atoms with Crippen LogP contribution in [0.25, 0.3) is 0 Å². The molecule has 0 heterocycles. The Kier molecular flexibility index (Phi) is 5.10. The molecule has 0 aromatic heterocycles. The molecule has 0 atom stereocenters. The fourth-order valence-electron chi connectivity index (χ4n) is 2.68. The first kappa shape index (κ1) is 16.5. The van der Waals surface area contributed by atoms with Crippen molar-refractivity contribution < 1.29 is 9.90 Å². The van der Waals surface area contributed by atoms with Crippen molar-refractivity contribution in [3.05, 3.63) is 34.3 Å². The number of carbonyl (C=O) groups excluding carboxylic acids is 1. The Morgan fingerprint density at radius 2 is 1.95 bits per heavy atom. The van der Waals surface area contributed by atoms with Crippen molar-refractivity contribution in [2.24, 2.45) is 5.41 Å². The quantitative estimate of drug-likeness (QED) is 0.789. The van der Waals surface area contributed by atoms with Crippen molar-refractivity contribution >= 4 is 21.8 Å². The van der Waals surface area contributed by atoms with Gasteiger partial charge in [0.15, 0.2) is 0 Å². The summed E-state index contributed by atoms with van der Waals surface area (Å²) in [4.78, 5) is 12.6. The summed E-state index contributed by atoms with van der Waals surface area (Å²) in [5, 5.41) is 12.0. The molecule has 0 radical (unpaired) electrons. The summed E-state index contributed by atoms with van der Waals surface area (Å²) in [6.45, 7) is 5.12. The fraction of sp³-hybridized carbons (Fsp3) is 0.588. The Hall–Kier alpha value is -0.870. The van der Waals surface area contributed by atoms with E-state index in [2.05, 4.69) is 35.1 Å². The van der Waals surface area contributed by atoms with Crippen molar-refractivity contribution in [2.75, 3.05) is 13.2 Å². The molecule has 116 valence electrons. The van der Waals surface area contributed by atoms with E-state index in [4.69, 9.17) is 5.11 Å². The highest BCUT2D eigenvalue weighted by atomic mass is 79.9. The van der Waals surface area contributed by atoms with E-state index in [1.54, 1.807) is 0 Å². The molecule has 1 aliphatic carbocycles. The van der Waals surface area contributed by atoms with E-state index in [0.29, 0.717) is 6.54 Å². The monoisotopic (exact) mass is 353 g/mol. The maximum Gasteiger partial charge on any atom is 0.230 e. The highest BCUT2D eigenvalue weighted by Crippen LogP contribution is 2.48. The lowest BCUT2D eigenvalue weighted by atomic mass is 9.87. The van der Waals surface area contributed by atoms with Crippen LogP contribution in [0, 0.1) is 5.41 Å². The van der Waals surface area contributed by atoms with E-state index in [1.165, 1.54) is 0 Å². The van der Waals surface area contributed by atoms with E-state index in [-0.39, 0.29) is 23.3 Å². The molecule has 1 aromatic carbocycles. The van der Waals surface area contributed by atoms with Crippen LogP contribution in [0.2, 0.25) is 0 Å². The lowest BCUT2D eigenvalue weighted by Crippen LogP contribution is -2.40. The molecule has 4 heteroatoms. The van der Waals surface area contributed by atoms with Crippen LogP contribution in [0.1, 0.15) is 45.1 Å². The second kappa shape index (κ2) is 6.49. The average Bonchev–Trinajstić information content (AvgIpc) is 3.25. The summed E-state index contributed by atoms with van der Waals surface area (Å²) < 4.78 is 1.03. The topological polar surface area (TPSA) is 49.3 Å². The Bertz CT molecular complexity index is 492. The maximum atomic E-state index is 12.6. The zero-order valence-corrected chi connectivity index (χ0v) is 14.4. The van der Waals surface area contributed by atoms with Crippen LogP contribution in [0.5, 0.6) is 0 Å². The maximum absolute atomic E-state index is 12.6. The van der Waals surface area contributed by atoms with Gasteiger partial charge in [0.05, 0.1) is 5.41 Å². The molecular weight excluding hydrogens is 330 g/mol. The Morgan fingerprint density at radius 3 is 2.48 bits per heavy atom. The average molecular weight is 354 g/mol. The summed E-state index contributed by atoms with van der Waals surface area (Å²) in [7, 11) is 0. The molecule has 3 nitrogen and oxygen atoms in total. The van der Waals surface area contributed by atoms with Gasteiger partial charge in [-0.1, -0.05) is 41.9 Å². The van der Waals surface area contributed by atoms with Crippen molar-refractivity contribution in [1.29, 1.82) is 0 Å². The first-order valence-electron chi connectivity index (χ1n) is 7.55. The second-order valence-corrected chi connectivity index (χ2v) is 7.68. The first-order valence-corrected chi connectivity index (χ1v) is 8.34. The third-order valence-electron chi connectivity index (χ3n) is 4.32. The number of hydrogen-bond acceptors (Lipinski definition) is 2. The van der Waals surface area contributed by atoms with E-state index >= 15 is 0 Å². The molecule has 1 aliphatic rings. The van der Waals surface area contributed by atoms with Crippen LogP contribution in [0.4, 0.5) is 0 Å². The standard InChI is InChI=1S/C17H24BrNO2/c1-16(2,8-3-11-20)12-19-15(21)17(9-10-17)13-4-6-14(18)7-5-13/h4-7,20H,3,8-12H2,1-2H3,(H,19,21). The van der Waals surface area contributed by atoms with Gasteiger partial charge >= 0.3 is 0 Å². The number of halogens is 1. The molecule has 1 fully saturated rings. The van der Waals surface area contributed by atoms with Crippen LogP contribution in [-0.2, 0) is 10.2 Å². The number of aliphatic hydroxyl groups is 1. The molecule has 2 rings (SSSR count). The van der Waals surface area contributed by atoms with E-state index in [1.807, 2.05) is 24.3 Å². The smallest absolute Gasteiger partial charge is 0.230 e. The van der Waals surface area contributed by atoms with E-state index < -0.39 is 0 Å². The summed E-state index contributed by atoms with van der Waals surface area (Å²) in [5.74, 6) is 0.141. The zero-order chi connectivity index (χ0) is 15.5. The molecular formula is C17H24BrNO2. The van der Waals surface area contributed by atoms with Crippen molar-refractivity contribution in [2.45, 2.75) is 44.9 Å². The zero-order valence-electron chi connectivity index (χ0n) is 12.8. The number of aliphatic hydroxyl groups excluding tert-OH is 1. The second-order valence-electron chi connectivity index (χ2n) is 6.76. The normalized spacial score (nSPS) is 16.6. The number of carbonyl (C=O) groups is 1. The van der Waals surface area contributed by atoms with Crippen LogP contribution in [0.3, 0.4) is 0 Å². The largest absolute Gasteiger partial charge is 0.396 e. The lowest BCUT2D eigenvalue weighted by molar-refractivity contribution is -0.124. The van der Waals surface area contributed by atoms with Crippen molar-refractivity contribution in [3.63, 3.8) is 0 Å². The van der Waals surface area contributed by atoms with Gasteiger partial charge < -0.3 is 10.4 Å². The molecule has 1 amide bonds. The van der Waals surface area contributed by atoms with Gasteiger partial charge in [-0.05, 0) is 48.8 Å². The minimum Gasteiger partial charge on any atom is -0.396 e. The Morgan fingerprint density at radius 1 is 1.33 bits per heavy atom. The minimum atomic E-state index is -0.312. The molecule has 0 bridgehead atoms. The van der Waals surface area contributed by atoms with E-state index in [9.17, 15) is 4.79 Å². The van der Waals surface area contributed by atoms with Gasteiger partial charge in [0.2, 0.25) is 5.91 Å². The molecule has 21 heavy (non-hydrogen) atoms. The minimum absolute atomic E-state index is 0.0220. The van der Waals surface area contributed by atoms with E-state index in [0.717, 1.165) is 35.7 Å². The summed E-state index contributed by atoms with van der Waals surface area (Å²) in [6.07, 6.45) is 3.55. The van der Waals surface area contributed by atoms with Crippen molar-refractivity contribution in [3.8, 4) is 0 Å². The fourth-order valence-corrected chi connectivity index (χ4v) is 2.94. The lowest BCUT2D eigenvalue weighted by Gasteiger charge is -2.26. The van der Waals surface area contributed by atoms with Gasteiger partial charge in [-0.25, -0.2) is 0 Å². The number of amides is 1. The summed E-state index contributed by atoms with van der Waals surface area (Å²) >= 11 is 3.43. The molecule has 1 aromatic rings. The Labute approximate surface area is 135 Å². The molecule has 1 saturated carbocycles. The third-order valence-corrected chi connectivity index (χ3v) is 4.85. The van der Waals surface area contributed by atoms with Gasteiger partial charge in [0, 0.05) is 17.6 Å². The van der Waals surface area contributed by atoms with Crippen LogP contribution < -0.4 is 5.32 Å². The third kappa shape index (κ3) is 4.07. The van der Waals surface area contributed by atoms with Crippen LogP contribution in [0.15, 0.2) is 28.7 Å². The number of rotatable bonds is 7. The van der Waals surface area contributed by atoms with Crippen molar-refractivity contribution in [1.82, 2.24) is 5.32 Å². The predicted molar refractivity (Wildman–Crippen MR) is 88.2 cm³/mol. The molecule has 0 unspecified atom stereocenters. The van der Waals surface area contributed by atoms with Crippen LogP contribution in [-0.4, -0.2) is 24.2 Å². The van der Waals surface area contributed by atoms with Gasteiger partial charge in [-0.3, -0.25) is 4.79 Å². The summed E-state index contributed by atoms with van der Waals surface area (Å²) in [6, 6.07) is 8.06.